The Morgan fingerprint density at radius 2 is 1.67 bits per heavy atom. The number of aromatic hydroxyl groups is 1. The van der Waals surface area contributed by atoms with Crippen molar-refractivity contribution in [3.8, 4) is 5.75 Å². The third-order valence-corrected chi connectivity index (χ3v) is 4.68. The van der Waals surface area contributed by atoms with Gasteiger partial charge in [0.15, 0.2) is 0 Å². The van der Waals surface area contributed by atoms with Gasteiger partial charge in [-0.15, -0.1) is 0 Å². The van der Waals surface area contributed by atoms with E-state index in [9.17, 15) is 14.7 Å². The summed E-state index contributed by atoms with van der Waals surface area (Å²) in [5.41, 5.74) is 0.296. The molecule has 1 aliphatic rings. The summed E-state index contributed by atoms with van der Waals surface area (Å²) in [6, 6.07) is 11.0. The molecule has 2 aromatic rings. The average Bonchev–Trinajstić information content (AvgIpc) is 2.91. The summed E-state index contributed by atoms with van der Waals surface area (Å²) < 4.78 is 5.29. The van der Waals surface area contributed by atoms with Crippen molar-refractivity contribution in [1.29, 1.82) is 0 Å². The van der Waals surface area contributed by atoms with Crippen molar-refractivity contribution in [1.82, 2.24) is 9.80 Å². The fraction of sp³-hybridized carbons (Fsp3) is 0.429. The summed E-state index contributed by atoms with van der Waals surface area (Å²) in [5, 5.41) is 12.1. The number of rotatable bonds is 3. The zero-order valence-corrected chi connectivity index (χ0v) is 15.9. The lowest BCUT2D eigenvalue weighted by Gasteiger charge is -2.22. The van der Waals surface area contributed by atoms with Crippen molar-refractivity contribution >= 4 is 22.8 Å². The highest BCUT2D eigenvalue weighted by Gasteiger charge is 2.25. The monoisotopic (exact) mass is 370 g/mol. The van der Waals surface area contributed by atoms with Crippen LogP contribution in [0.2, 0.25) is 0 Å². The minimum Gasteiger partial charge on any atom is -0.507 e. The second kappa shape index (κ2) is 8.29. The highest BCUT2D eigenvalue weighted by molar-refractivity contribution is 6.01. The molecule has 0 bridgehead atoms. The molecule has 0 atom stereocenters. The number of hydrogen-bond acceptors (Lipinski definition) is 4. The van der Waals surface area contributed by atoms with E-state index in [1.165, 1.54) is 0 Å². The maximum atomic E-state index is 12.9. The minimum absolute atomic E-state index is 0.0175. The Labute approximate surface area is 159 Å². The molecule has 0 saturated carbocycles. The quantitative estimate of drug-likeness (QED) is 0.898. The Morgan fingerprint density at radius 1 is 1.04 bits per heavy atom. The van der Waals surface area contributed by atoms with Crippen molar-refractivity contribution in [2.75, 3.05) is 32.8 Å². The molecule has 0 spiro atoms. The second-order valence-corrected chi connectivity index (χ2v) is 7.32. The van der Waals surface area contributed by atoms with Crippen molar-refractivity contribution in [3.63, 3.8) is 0 Å². The molecule has 144 valence electrons. The average molecular weight is 370 g/mol. The third-order valence-electron chi connectivity index (χ3n) is 4.68. The number of nitrogens with zero attached hydrogens (tertiary/aromatic N) is 2. The number of amides is 2. The molecular formula is C21H26N2O4. The van der Waals surface area contributed by atoms with Crippen LogP contribution in [0.15, 0.2) is 36.4 Å². The van der Waals surface area contributed by atoms with Crippen molar-refractivity contribution in [2.45, 2.75) is 20.3 Å². The molecule has 0 aromatic heterocycles. The number of hydrogen-bond donors (Lipinski definition) is 1. The number of fused-ring (bicyclic) bond motifs is 1. The van der Waals surface area contributed by atoms with Gasteiger partial charge in [-0.05, 0) is 35.2 Å². The first kappa shape index (κ1) is 19.0. The number of ether oxygens (including phenoxy) is 1. The summed E-state index contributed by atoms with van der Waals surface area (Å²) in [6.07, 6.45) is 0.350. The minimum atomic E-state index is -0.327. The van der Waals surface area contributed by atoms with Crippen LogP contribution < -0.4 is 0 Å². The maximum Gasteiger partial charge on any atom is 0.409 e. The lowest BCUT2D eigenvalue weighted by atomic mass is 10.0. The van der Waals surface area contributed by atoms with Gasteiger partial charge in [0.25, 0.3) is 5.91 Å². The van der Waals surface area contributed by atoms with Gasteiger partial charge in [-0.3, -0.25) is 4.79 Å². The predicted octanol–water partition coefficient (Wildman–Crippen LogP) is 3.49. The summed E-state index contributed by atoms with van der Waals surface area (Å²) in [6.45, 7) is 6.32. The van der Waals surface area contributed by atoms with Crippen LogP contribution in [-0.4, -0.2) is 59.7 Å². The first-order valence-corrected chi connectivity index (χ1v) is 9.38. The molecule has 2 amide bonds. The molecule has 0 unspecified atom stereocenters. The molecule has 3 rings (SSSR count). The first-order chi connectivity index (χ1) is 13.0. The molecule has 27 heavy (non-hydrogen) atoms. The van der Waals surface area contributed by atoms with Gasteiger partial charge < -0.3 is 19.6 Å². The zero-order valence-electron chi connectivity index (χ0n) is 15.9. The van der Waals surface area contributed by atoms with Crippen LogP contribution in [0.1, 0.15) is 30.6 Å². The number of phenols is 1. The van der Waals surface area contributed by atoms with Gasteiger partial charge in [0.2, 0.25) is 0 Å². The number of carbonyl (C=O) groups is 2. The van der Waals surface area contributed by atoms with Gasteiger partial charge in [0, 0.05) is 26.2 Å². The van der Waals surface area contributed by atoms with E-state index in [-0.39, 0.29) is 23.7 Å². The Balaban J connectivity index is 1.69. The molecule has 1 heterocycles. The SMILES string of the molecule is CC(C)COC(=O)N1CCCN(C(=O)c2cc3ccccc3cc2O)CC1. The molecule has 1 aliphatic heterocycles. The Bertz CT molecular complexity index is 834. The lowest BCUT2D eigenvalue weighted by molar-refractivity contribution is 0.0743. The normalized spacial score (nSPS) is 15.1. The van der Waals surface area contributed by atoms with Crippen LogP contribution in [0.3, 0.4) is 0 Å². The second-order valence-electron chi connectivity index (χ2n) is 7.32. The molecule has 0 radical (unpaired) electrons. The molecule has 0 aliphatic carbocycles. The number of benzene rings is 2. The van der Waals surface area contributed by atoms with Crippen molar-refractivity contribution < 1.29 is 19.4 Å². The van der Waals surface area contributed by atoms with Gasteiger partial charge in [-0.1, -0.05) is 38.1 Å². The zero-order chi connectivity index (χ0) is 19.4. The van der Waals surface area contributed by atoms with Crippen LogP contribution in [0.5, 0.6) is 5.75 Å². The van der Waals surface area contributed by atoms with Crippen LogP contribution in [0.25, 0.3) is 10.8 Å². The van der Waals surface area contributed by atoms with Gasteiger partial charge in [0.1, 0.15) is 5.75 Å². The van der Waals surface area contributed by atoms with Crippen molar-refractivity contribution in [3.05, 3.63) is 42.0 Å². The fourth-order valence-electron chi connectivity index (χ4n) is 3.20. The Morgan fingerprint density at radius 3 is 2.37 bits per heavy atom. The standard InChI is InChI=1S/C21H26N2O4/c1-15(2)14-27-21(26)23-9-5-8-22(10-11-23)20(25)18-12-16-6-3-4-7-17(16)13-19(18)24/h3-4,6-7,12-13,15,24H,5,8-11,14H2,1-2H3. The smallest absolute Gasteiger partial charge is 0.409 e. The number of carbonyl (C=O) groups excluding carboxylic acids is 2. The Kier molecular flexibility index (Phi) is 5.84. The van der Waals surface area contributed by atoms with Crippen LogP contribution in [-0.2, 0) is 4.74 Å². The van der Waals surface area contributed by atoms with E-state index in [4.69, 9.17) is 4.74 Å². The highest BCUT2D eigenvalue weighted by atomic mass is 16.6. The van der Waals surface area contributed by atoms with E-state index in [1.54, 1.807) is 21.9 Å². The fourth-order valence-corrected chi connectivity index (χ4v) is 3.20. The molecular weight excluding hydrogens is 344 g/mol. The van der Waals surface area contributed by atoms with Crippen LogP contribution in [0.4, 0.5) is 4.79 Å². The highest BCUT2D eigenvalue weighted by Crippen LogP contribution is 2.26. The van der Waals surface area contributed by atoms with Crippen LogP contribution >= 0.6 is 0 Å². The summed E-state index contributed by atoms with van der Waals surface area (Å²) in [7, 11) is 0. The number of phenolic OH excluding ortho intramolecular Hbond substituents is 1. The largest absolute Gasteiger partial charge is 0.507 e. The molecule has 6 heteroatoms. The van der Waals surface area contributed by atoms with E-state index in [0.29, 0.717) is 44.8 Å². The summed E-state index contributed by atoms with van der Waals surface area (Å²) >= 11 is 0. The first-order valence-electron chi connectivity index (χ1n) is 9.38. The molecule has 2 aromatic carbocycles. The summed E-state index contributed by atoms with van der Waals surface area (Å²) in [5.74, 6) is 0.0571. The van der Waals surface area contributed by atoms with E-state index < -0.39 is 0 Å². The third kappa shape index (κ3) is 4.51. The summed E-state index contributed by atoms with van der Waals surface area (Å²) in [4.78, 5) is 28.4. The topological polar surface area (TPSA) is 70.1 Å². The van der Waals surface area contributed by atoms with E-state index >= 15 is 0 Å². The van der Waals surface area contributed by atoms with Gasteiger partial charge in [-0.25, -0.2) is 4.79 Å². The van der Waals surface area contributed by atoms with Gasteiger partial charge in [0.05, 0.1) is 12.2 Å². The lowest BCUT2D eigenvalue weighted by Crippen LogP contribution is -2.38. The maximum absolute atomic E-state index is 12.9. The Hall–Kier alpha value is -2.76. The van der Waals surface area contributed by atoms with Gasteiger partial charge >= 0.3 is 6.09 Å². The molecule has 1 N–H and O–H groups in total. The molecule has 1 fully saturated rings. The van der Waals surface area contributed by atoms with Crippen molar-refractivity contribution in [2.24, 2.45) is 5.92 Å². The molecule has 1 saturated heterocycles. The predicted molar refractivity (Wildman–Crippen MR) is 104 cm³/mol. The van der Waals surface area contributed by atoms with E-state index in [1.807, 2.05) is 38.1 Å². The van der Waals surface area contributed by atoms with E-state index in [2.05, 4.69) is 0 Å². The van der Waals surface area contributed by atoms with E-state index in [0.717, 1.165) is 10.8 Å². The van der Waals surface area contributed by atoms with Gasteiger partial charge in [-0.2, -0.15) is 0 Å². The molecule has 6 nitrogen and oxygen atoms in total. The van der Waals surface area contributed by atoms with Crippen LogP contribution in [0, 0.1) is 5.92 Å².